The third kappa shape index (κ3) is 6.82. The summed E-state index contributed by atoms with van der Waals surface area (Å²) in [6.07, 6.45) is 5.76. The second-order valence-corrected chi connectivity index (χ2v) is 9.39. The van der Waals surface area contributed by atoms with Gasteiger partial charge in [-0.05, 0) is 0 Å². The third-order valence-corrected chi connectivity index (χ3v) is 8.26. The molecular weight excluding hydrogens is 164 g/mol. The van der Waals surface area contributed by atoms with Gasteiger partial charge in [0.1, 0.15) is 0 Å². The second kappa shape index (κ2) is 8.53. The van der Waals surface area contributed by atoms with Crippen LogP contribution in [0.25, 0.3) is 0 Å². The van der Waals surface area contributed by atoms with Crippen LogP contribution in [-0.2, 0) is 0 Å². The topological polar surface area (TPSA) is 0 Å². The summed E-state index contributed by atoms with van der Waals surface area (Å²) in [5.74, 6) is 0. The summed E-state index contributed by atoms with van der Waals surface area (Å²) in [5, 5.41) is 0. The molecule has 0 amide bonds. The van der Waals surface area contributed by atoms with E-state index in [4.69, 9.17) is 0 Å². The Morgan fingerprint density at radius 3 is 1.73 bits per heavy atom. The number of hydrogen-bond donors (Lipinski definition) is 0. The van der Waals surface area contributed by atoms with E-state index in [1.807, 2.05) is 0 Å². The summed E-state index contributed by atoms with van der Waals surface area (Å²) < 4.78 is 0. The molecule has 0 nitrogen and oxygen atoms in total. The van der Waals surface area contributed by atoms with Gasteiger partial charge in [-0.25, -0.2) is 0 Å². The monoisotopic (exact) mass is 185 g/mol. The van der Waals surface area contributed by atoms with Crippen molar-refractivity contribution in [1.82, 2.24) is 0 Å². The Morgan fingerprint density at radius 1 is 1.00 bits per heavy atom. The Hall–Kier alpha value is 0.434. The maximum atomic E-state index is 2.40. The largest absolute Gasteiger partial charge is 0.0756 e. The molecule has 0 N–H and O–H groups in total. The first-order valence-corrected chi connectivity index (χ1v) is 9.29. The predicted molar refractivity (Wildman–Crippen MR) is 56.8 cm³/mol. The number of rotatable bonds is 7. The molecular formula is C9H21Si2. The quantitative estimate of drug-likeness (QED) is 0.534. The highest BCUT2D eigenvalue weighted by Crippen LogP contribution is 2.08. The van der Waals surface area contributed by atoms with Crippen LogP contribution in [0.4, 0.5) is 0 Å². The first kappa shape index (κ1) is 11.4. The van der Waals surface area contributed by atoms with E-state index in [0.717, 1.165) is 0 Å². The molecule has 0 bridgehead atoms. The smallest absolute Gasteiger partial charge is 0.0340 e. The van der Waals surface area contributed by atoms with Crippen molar-refractivity contribution in [1.29, 1.82) is 0 Å². The lowest BCUT2D eigenvalue weighted by Crippen LogP contribution is -2.18. The van der Waals surface area contributed by atoms with Gasteiger partial charge in [0.2, 0.25) is 0 Å². The zero-order valence-electron chi connectivity index (χ0n) is 8.24. The lowest BCUT2D eigenvalue weighted by molar-refractivity contribution is 0.848. The van der Waals surface area contributed by atoms with Gasteiger partial charge in [-0.3, -0.25) is 0 Å². The molecule has 0 aromatic carbocycles. The molecule has 0 aromatic rings. The molecule has 0 aliphatic rings. The van der Waals surface area contributed by atoms with E-state index in [2.05, 4.69) is 20.4 Å². The van der Waals surface area contributed by atoms with Crippen molar-refractivity contribution >= 4 is 17.4 Å². The maximum absolute atomic E-state index is 2.40. The molecule has 0 saturated heterocycles. The number of unbranched alkanes of at least 4 members (excludes halogenated alkanes) is 2. The van der Waals surface area contributed by atoms with Crippen LogP contribution < -0.4 is 0 Å². The van der Waals surface area contributed by atoms with Crippen LogP contribution >= 0.6 is 0 Å². The van der Waals surface area contributed by atoms with Crippen LogP contribution in [0, 0.1) is 0 Å². The van der Waals surface area contributed by atoms with Crippen molar-refractivity contribution < 1.29 is 0 Å². The van der Waals surface area contributed by atoms with Gasteiger partial charge in [0.15, 0.2) is 0 Å². The molecule has 3 radical (unpaired) electrons. The Balaban J connectivity index is 3.25. The Kier molecular flexibility index (Phi) is 8.87. The highest BCUT2D eigenvalue weighted by Gasteiger charge is 2.06. The summed E-state index contributed by atoms with van der Waals surface area (Å²) in [4.78, 5) is 0. The molecule has 2 heteroatoms. The van der Waals surface area contributed by atoms with E-state index >= 15 is 0 Å². The van der Waals surface area contributed by atoms with Gasteiger partial charge in [0.25, 0.3) is 0 Å². The fraction of sp³-hybridized carbons (Fsp3) is 1.00. The van der Waals surface area contributed by atoms with Crippen LogP contribution in [0.1, 0.15) is 39.5 Å². The van der Waals surface area contributed by atoms with Crippen LogP contribution in [0.5, 0.6) is 0 Å². The van der Waals surface area contributed by atoms with Crippen molar-refractivity contribution in [2.24, 2.45) is 0 Å². The van der Waals surface area contributed by atoms with Crippen molar-refractivity contribution in [2.45, 2.75) is 58.2 Å². The molecule has 0 saturated carbocycles. The van der Waals surface area contributed by atoms with Gasteiger partial charge in [-0.15, -0.1) is 0 Å². The summed E-state index contributed by atoms with van der Waals surface area (Å²) in [6, 6.07) is 3.16. The minimum absolute atomic E-state index is 0.119. The standard InChI is InChI=1S/C9H21Si2/c1-4-6-8-11(10-3)9-7-5-2/h4-9H2,1-3H3. The minimum Gasteiger partial charge on any atom is -0.0756 e. The van der Waals surface area contributed by atoms with Gasteiger partial charge >= 0.3 is 0 Å². The van der Waals surface area contributed by atoms with Crippen LogP contribution in [0.15, 0.2) is 0 Å². The van der Waals surface area contributed by atoms with Crippen LogP contribution in [0.3, 0.4) is 0 Å². The molecule has 0 fully saturated rings. The van der Waals surface area contributed by atoms with Gasteiger partial charge in [-0.1, -0.05) is 58.2 Å². The Labute approximate surface area is 76.0 Å². The molecule has 0 aromatic heterocycles. The summed E-state index contributed by atoms with van der Waals surface area (Å²) in [5.41, 5.74) is 0. The Bertz CT molecular complexity index is 66.0. The van der Waals surface area contributed by atoms with Gasteiger partial charge < -0.3 is 0 Å². The number of hydrogen-bond acceptors (Lipinski definition) is 0. The maximum Gasteiger partial charge on any atom is 0.0340 e. The van der Waals surface area contributed by atoms with Crippen molar-refractivity contribution in [3.05, 3.63) is 0 Å². The van der Waals surface area contributed by atoms with Crippen LogP contribution in [-0.4, -0.2) is 17.4 Å². The normalized spacial score (nSPS) is 10.9. The van der Waals surface area contributed by atoms with Crippen LogP contribution in [0.2, 0.25) is 18.6 Å². The van der Waals surface area contributed by atoms with E-state index in [1.165, 1.54) is 34.7 Å². The fourth-order valence-electron chi connectivity index (χ4n) is 1.16. The van der Waals surface area contributed by atoms with E-state index in [1.54, 1.807) is 12.1 Å². The SMILES string of the molecule is CCCC[Si](CCCC)[Si]C. The second-order valence-electron chi connectivity index (χ2n) is 3.06. The highest BCUT2D eigenvalue weighted by molar-refractivity contribution is 7.11. The minimum atomic E-state index is 0.119. The Morgan fingerprint density at radius 2 is 1.45 bits per heavy atom. The highest BCUT2D eigenvalue weighted by atomic mass is 29.2. The van der Waals surface area contributed by atoms with E-state index < -0.39 is 0 Å². The molecule has 0 aliphatic heterocycles. The average molecular weight is 185 g/mol. The zero-order chi connectivity index (χ0) is 8.53. The molecule has 0 spiro atoms. The summed E-state index contributed by atoms with van der Waals surface area (Å²) >= 11 is 0. The van der Waals surface area contributed by atoms with Gasteiger partial charge in [-0.2, -0.15) is 0 Å². The summed E-state index contributed by atoms with van der Waals surface area (Å²) in [7, 11) is 1.39. The zero-order valence-corrected chi connectivity index (χ0v) is 10.2. The first-order chi connectivity index (χ1) is 5.35. The van der Waals surface area contributed by atoms with Crippen molar-refractivity contribution in [2.75, 3.05) is 0 Å². The third-order valence-electron chi connectivity index (χ3n) is 2.02. The fourth-order valence-corrected chi connectivity index (χ4v) is 6.03. The van der Waals surface area contributed by atoms with E-state index in [9.17, 15) is 0 Å². The average Bonchev–Trinajstić information content (AvgIpc) is 2.05. The summed E-state index contributed by atoms with van der Waals surface area (Å²) in [6.45, 7) is 7.01. The van der Waals surface area contributed by atoms with E-state index in [0.29, 0.717) is 0 Å². The molecule has 0 aliphatic carbocycles. The van der Waals surface area contributed by atoms with Gasteiger partial charge in [0, 0.05) is 17.4 Å². The molecule has 0 rings (SSSR count). The lowest BCUT2D eigenvalue weighted by Gasteiger charge is -2.10. The van der Waals surface area contributed by atoms with Crippen molar-refractivity contribution in [3.8, 4) is 0 Å². The molecule has 11 heavy (non-hydrogen) atoms. The molecule has 0 atom stereocenters. The lowest BCUT2D eigenvalue weighted by atomic mass is 10.4. The van der Waals surface area contributed by atoms with Gasteiger partial charge in [0.05, 0.1) is 0 Å². The molecule has 0 heterocycles. The molecule has 65 valence electrons. The predicted octanol–water partition coefficient (Wildman–Crippen LogP) is 3.33. The van der Waals surface area contributed by atoms with E-state index in [-0.39, 0.29) is 8.31 Å². The first-order valence-electron chi connectivity index (χ1n) is 4.87. The van der Waals surface area contributed by atoms with Crippen molar-refractivity contribution in [3.63, 3.8) is 0 Å². The molecule has 0 unspecified atom stereocenters.